The van der Waals surface area contributed by atoms with Crippen LogP contribution in [0.15, 0.2) is 17.8 Å². The molecule has 140 valence electrons. The van der Waals surface area contributed by atoms with Crippen LogP contribution < -0.4 is 0 Å². The van der Waals surface area contributed by atoms with E-state index >= 15 is 0 Å². The van der Waals surface area contributed by atoms with Gasteiger partial charge in [-0.3, -0.25) is 4.28 Å². The largest absolute Gasteiger partial charge is 0.714 e. The molecule has 1 fully saturated rings. The molecule has 0 aromatic heterocycles. The highest BCUT2D eigenvalue weighted by atomic mass is 32.3. The second-order valence-corrected chi connectivity index (χ2v) is 6.93. The number of aliphatic hydroxyl groups excluding tert-OH is 5. The molecule has 0 saturated carbocycles. The van der Waals surface area contributed by atoms with Gasteiger partial charge in [0, 0.05) is 6.42 Å². The second kappa shape index (κ2) is 9.07. The highest BCUT2D eigenvalue weighted by Gasteiger charge is 2.44. The van der Waals surface area contributed by atoms with Crippen LogP contribution in [0.1, 0.15) is 6.42 Å². The zero-order valence-electron chi connectivity index (χ0n) is 12.2. The van der Waals surface area contributed by atoms with Crippen LogP contribution in [0.25, 0.3) is 0 Å². The van der Waals surface area contributed by atoms with Gasteiger partial charge in [-0.05, 0) is 0 Å². The molecule has 5 N–H and O–H groups in total. The standard InChI is InChI=1S/C11H19NO10S2/c1-2-5(14)3-7(12-22-24(18,19)20)23-11-10(17)9(16)8(15)6(4-13)21-11/h2,5-6,8-11,13-17H,1,3-4H2,(H,18,19,20)/p-1/b12-7-/t5-,6+,8+,9-,10+,11-/m0/s1. The van der Waals surface area contributed by atoms with Crippen molar-refractivity contribution in [3.05, 3.63) is 12.7 Å². The van der Waals surface area contributed by atoms with E-state index in [-0.39, 0.29) is 11.5 Å². The second-order valence-electron chi connectivity index (χ2n) is 4.79. The van der Waals surface area contributed by atoms with Gasteiger partial charge in [-0.15, -0.1) is 6.58 Å². The average molecular weight is 388 g/mol. The predicted molar refractivity (Wildman–Crippen MR) is 80.4 cm³/mol. The number of hydrogen-bond donors (Lipinski definition) is 5. The zero-order valence-corrected chi connectivity index (χ0v) is 13.8. The van der Waals surface area contributed by atoms with E-state index < -0.39 is 53.0 Å². The first-order valence-corrected chi connectivity index (χ1v) is 8.79. The molecule has 0 amide bonds. The first-order valence-electron chi connectivity index (χ1n) is 6.58. The maximum absolute atomic E-state index is 10.5. The van der Waals surface area contributed by atoms with E-state index in [0.29, 0.717) is 11.8 Å². The Hall–Kier alpha value is -0.770. The van der Waals surface area contributed by atoms with Gasteiger partial charge in [-0.25, -0.2) is 0 Å². The Bertz CT molecular complexity index is 551. The fraction of sp³-hybridized carbons (Fsp3) is 0.727. The molecule has 1 aliphatic heterocycles. The topological polar surface area (TPSA) is 189 Å². The van der Waals surface area contributed by atoms with Crippen LogP contribution in [0.4, 0.5) is 0 Å². The van der Waals surface area contributed by atoms with E-state index in [9.17, 15) is 33.4 Å². The lowest BCUT2D eigenvalue weighted by Gasteiger charge is -2.39. The average Bonchev–Trinajstić information content (AvgIpc) is 2.52. The van der Waals surface area contributed by atoms with E-state index in [1.54, 1.807) is 0 Å². The van der Waals surface area contributed by atoms with E-state index in [0.717, 1.165) is 6.08 Å². The Kier molecular flexibility index (Phi) is 8.04. The number of hydrogen-bond acceptors (Lipinski definition) is 12. The third kappa shape index (κ3) is 6.27. The summed E-state index contributed by atoms with van der Waals surface area (Å²) in [6.45, 7) is 2.65. The summed E-state index contributed by atoms with van der Waals surface area (Å²) < 4.78 is 40.4. The van der Waals surface area contributed by atoms with Crippen LogP contribution in [0, 0.1) is 0 Å². The fourth-order valence-electron chi connectivity index (χ4n) is 1.76. The van der Waals surface area contributed by atoms with Crippen LogP contribution in [0.5, 0.6) is 0 Å². The maximum atomic E-state index is 10.5. The third-order valence-corrected chi connectivity index (χ3v) is 4.38. The molecule has 1 saturated heterocycles. The number of aliphatic hydroxyl groups is 5. The molecule has 0 aliphatic carbocycles. The molecule has 0 radical (unpaired) electrons. The van der Waals surface area contributed by atoms with Gasteiger partial charge in [-0.1, -0.05) is 23.0 Å². The molecular formula is C11H18NO10S2-. The summed E-state index contributed by atoms with van der Waals surface area (Å²) in [5.74, 6) is 0. The van der Waals surface area contributed by atoms with Crippen molar-refractivity contribution in [1.29, 1.82) is 0 Å². The normalized spacial score (nSPS) is 33.1. The number of ether oxygens (including phenoxy) is 1. The van der Waals surface area contributed by atoms with Gasteiger partial charge in [0.1, 0.15) is 34.9 Å². The van der Waals surface area contributed by atoms with E-state index in [1.165, 1.54) is 0 Å². The monoisotopic (exact) mass is 388 g/mol. The van der Waals surface area contributed by atoms with E-state index in [2.05, 4.69) is 16.0 Å². The summed E-state index contributed by atoms with van der Waals surface area (Å²) in [5.41, 5.74) is -1.28. The zero-order chi connectivity index (χ0) is 18.5. The van der Waals surface area contributed by atoms with E-state index in [1.807, 2.05) is 0 Å². The Morgan fingerprint density at radius 1 is 1.38 bits per heavy atom. The van der Waals surface area contributed by atoms with E-state index in [4.69, 9.17) is 9.84 Å². The molecule has 24 heavy (non-hydrogen) atoms. The van der Waals surface area contributed by atoms with Crippen molar-refractivity contribution < 1.29 is 47.5 Å². The number of thioether (sulfide) groups is 1. The van der Waals surface area contributed by atoms with Gasteiger partial charge in [0.15, 0.2) is 0 Å². The van der Waals surface area contributed by atoms with Gasteiger partial charge >= 0.3 is 0 Å². The van der Waals surface area contributed by atoms with Crippen LogP contribution in [-0.4, -0.2) is 86.1 Å². The predicted octanol–water partition coefficient (Wildman–Crippen LogP) is -2.75. The SMILES string of the molecule is C=C[C@H](O)C/C(=N/OS(=O)(=O)[O-])S[C@@H]1O[C@H](CO)[C@@H](O)[C@H](O)[C@H]1O. The van der Waals surface area contributed by atoms with Crippen LogP contribution in [0.2, 0.25) is 0 Å². The number of nitrogens with zero attached hydrogens (tertiary/aromatic N) is 1. The summed E-state index contributed by atoms with van der Waals surface area (Å²) in [7, 11) is -5.14. The summed E-state index contributed by atoms with van der Waals surface area (Å²) >= 11 is 0.542. The van der Waals surface area contributed by atoms with Crippen molar-refractivity contribution in [1.82, 2.24) is 0 Å². The smallest absolute Gasteiger partial charge is 0.284 e. The fourth-order valence-corrected chi connectivity index (χ4v) is 3.10. The van der Waals surface area contributed by atoms with Gasteiger partial charge in [0.2, 0.25) is 0 Å². The molecule has 0 spiro atoms. The van der Waals surface area contributed by atoms with Gasteiger partial charge < -0.3 is 34.8 Å². The quantitative estimate of drug-likeness (QED) is 0.0759. The van der Waals surface area contributed by atoms with Crippen LogP contribution >= 0.6 is 11.8 Å². The van der Waals surface area contributed by atoms with Crippen molar-refractivity contribution in [3.8, 4) is 0 Å². The maximum Gasteiger partial charge on any atom is 0.284 e. The third-order valence-electron chi connectivity index (χ3n) is 2.99. The van der Waals surface area contributed by atoms with Crippen LogP contribution in [-0.2, 0) is 19.4 Å². The van der Waals surface area contributed by atoms with Crippen molar-refractivity contribution in [2.24, 2.45) is 5.16 Å². The first kappa shape index (κ1) is 21.3. The molecule has 0 unspecified atom stereocenters. The molecule has 13 heteroatoms. The summed E-state index contributed by atoms with van der Waals surface area (Å²) in [6, 6.07) is 0. The first-order chi connectivity index (χ1) is 11.1. The van der Waals surface area contributed by atoms with Gasteiger partial charge in [-0.2, -0.15) is 8.42 Å². The number of rotatable bonds is 7. The lowest BCUT2D eigenvalue weighted by molar-refractivity contribution is -0.205. The van der Waals surface area contributed by atoms with Crippen molar-refractivity contribution >= 4 is 27.2 Å². The summed E-state index contributed by atoms with van der Waals surface area (Å²) in [5, 5.41) is 50.7. The molecule has 1 aliphatic rings. The molecule has 1 heterocycles. The molecule has 0 aromatic carbocycles. The van der Waals surface area contributed by atoms with Crippen molar-refractivity contribution in [2.45, 2.75) is 42.4 Å². The highest BCUT2D eigenvalue weighted by Crippen LogP contribution is 2.30. The minimum absolute atomic E-state index is 0.258. The Morgan fingerprint density at radius 2 is 2.00 bits per heavy atom. The van der Waals surface area contributed by atoms with Gasteiger partial charge in [0.05, 0.1) is 12.7 Å². The summed E-state index contributed by atoms with van der Waals surface area (Å²) in [4.78, 5) is 0. The molecule has 6 atom stereocenters. The minimum atomic E-state index is -5.14. The highest BCUT2D eigenvalue weighted by molar-refractivity contribution is 8.14. The van der Waals surface area contributed by atoms with Crippen molar-refractivity contribution in [3.63, 3.8) is 0 Å². The number of oxime groups is 1. The molecule has 0 bridgehead atoms. The minimum Gasteiger partial charge on any atom is -0.714 e. The Morgan fingerprint density at radius 3 is 2.50 bits per heavy atom. The van der Waals surface area contributed by atoms with Gasteiger partial charge in [0.25, 0.3) is 10.4 Å². The Labute approximate surface area is 142 Å². The lowest BCUT2D eigenvalue weighted by Crippen LogP contribution is -2.57. The summed E-state index contributed by atoms with van der Waals surface area (Å²) in [6.07, 6.45) is -6.41. The lowest BCUT2D eigenvalue weighted by atomic mass is 10.0. The van der Waals surface area contributed by atoms with Crippen LogP contribution in [0.3, 0.4) is 0 Å². The molecule has 11 nitrogen and oxygen atoms in total. The molecule has 1 rings (SSSR count). The van der Waals surface area contributed by atoms with Crippen molar-refractivity contribution in [2.75, 3.05) is 6.61 Å². The Balaban J connectivity index is 2.92. The molecule has 0 aromatic rings. The molecular weight excluding hydrogens is 370 g/mol.